The highest BCUT2D eigenvalue weighted by Crippen LogP contribution is 2.64. The molecule has 8 heteroatoms. The molecule has 2 aliphatic carbocycles. The molecule has 4 rings (SSSR count). The summed E-state index contributed by atoms with van der Waals surface area (Å²) < 4.78 is 67.0. The van der Waals surface area contributed by atoms with E-state index in [0.717, 1.165) is 31.4 Å². The molecule has 4 nitrogen and oxygen atoms in total. The summed E-state index contributed by atoms with van der Waals surface area (Å²) >= 11 is 0. The Morgan fingerprint density at radius 3 is 2.58 bits per heavy atom. The van der Waals surface area contributed by atoms with Crippen LogP contribution in [-0.4, -0.2) is 19.2 Å². The van der Waals surface area contributed by atoms with Gasteiger partial charge in [-0.05, 0) is 63.1 Å². The van der Waals surface area contributed by atoms with Gasteiger partial charge in [-0.2, -0.15) is 18.4 Å². The van der Waals surface area contributed by atoms with Crippen LogP contribution in [0.3, 0.4) is 0 Å². The highest BCUT2D eigenvalue weighted by atomic mass is 32.2. The van der Waals surface area contributed by atoms with E-state index in [4.69, 9.17) is 5.26 Å². The van der Waals surface area contributed by atoms with Crippen LogP contribution in [0.2, 0.25) is 0 Å². The Balaban J connectivity index is 1.86. The summed E-state index contributed by atoms with van der Waals surface area (Å²) in [5, 5.41) is 8.96. The van der Waals surface area contributed by atoms with Crippen molar-refractivity contribution >= 4 is 15.7 Å². The van der Waals surface area contributed by atoms with Crippen LogP contribution in [0.5, 0.6) is 0 Å². The van der Waals surface area contributed by atoms with Crippen molar-refractivity contribution < 1.29 is 21.6 Å². The Morgan fingerprint density at radius 1 is 1.31 bits per heavy atom. The molecule has 1 heterocycles. The van der Waals surface area contributed by atoms with Gasteiger partial charge in [0, 0.05) is 12.0 Å². The lowest BCUT2D eigenvalue weighted by Gasteiger charge is -2.33. The highest BCUT2D eigenvalue weighted by molar-refractivity contribution is 7.94. The van der Waals surface area contributed by atoms with Crippen LogP contribution in [-0.2, 0) is 16.2 Å². The number of sulfonamides is 1. The Hall–Kier alpha value is -1.75. The first kappa shape index (κ1) is 17.7. The van der Waals surface area contributed by atoms with Crippen LogP contribution in [0.25, 0.3) is 0 Å². The number of fused-ring (bicyclic) bond motifs is 5. The van der Waals surface area contributed by atoms with Crippen molar-refractivity contribution in [1.29, 1.82) is 5.26 Å². The summed E-state index contributed by atoms with van der Waals surface area (Å²) in [5.74, 6) is 0.298. The predicted octanol–water partition coefficient (Wildman–Crippen LogP) is 3.92. The quantitative estimate of drug-likeness (QED) is 0.737. The molecule has 1 aromatic carbocycles. The van der Waals surface area contributed by atoms with Crippen LogP contribution < -0.4 is 4.31 Å². The molecular weight excluding hydrogens is 365 g/mol. The van der Waals surface area contributed by atoms with E-state index in [2.05, 4.69) is 0 Å². The number of alkyl halides is 3. The lowest BCUT2D eigenvalue weighted by Crippen LogP contribution is -2.44. The minimum absolute atomic E-state index is 0.00106. The number of anilines is 1. The summed E-state index contributed by atoms with van der Waals surface area (Å²) in [6.45, 7) is 3.56. The van der Waals surface area contributed by atoms with Gasteiger partial charge < -0.3 is 0 Å². The van der Waals surface area contributed by atoms with Gasteiger partial charge in [-0.3, -0.25) is 4.31 Å². The van der Waals surface area contributed by atoms with Gasteiger partial charge in [0.15, 0.2) is 0 Å². The molecule has 3 aliphatic rings. The van der Waals surface area contributed by atoms with E-state index < -0.39 is 38.1 Å². The van der Waals surface area contributed by atoms with Crippen molar-refractivity contribution in [1.82, 2.24) is 0 Å². The molecule has 0 aromatic heterocycles. The third kappa shape index (κ3) is 1.98. The molecule has 26 heavy (non-hydrogen) atoms. The smallest absolute Gasteiger partial charge is 0.267 e. The molecule has 140 valence electrons. The van der Waals surface area contributed by atoms with Crippen molar-refractivity contribution in [3.63, 3.8) is 0 Å². The number of halogens is 3. The van der Waals surface area contributed by atoms with Crippen molar-refractivity contribution in [2.75, 3.05) is 4.31 Å². The molecular formula is C18H19F3N2O2S. The van der Waals surface area contributed by atoms with Gasteiger partial charge in [0.1, 0.15) is 0 Å². The average molecular weight is 384 g/mol. The summed E-state index contributed by atoms with van der Waals surface area (Å²) in [5.41, 5.74) is -1.60. The van der Waals surface area contributed by atoms with Gasteiger partial charge >= 0.3 is 6.18 Å². The molecule has 1 saturated heterocycles. The Bertz CT molecular complexity index is 921. The maximum atomic E-state index is 13.4. The lowest BCUT2D eigenvalue weighted by atomic mass is 9.76. The first-order chi connectivity index (χ1) is 12.0. The van der Waals surface area contributed by atoms with E-state index in [1.165, 1.54) is 16.4 Å². The highest BCUT2D eigenvalue weighted by Gasteiger charge is 2.70. The Kier molecular flexibility index (Phi) is 3.50. The molecule has 1 aromatic rings. The first-order valence-corrected chi connectivity index (χ1v) is 10.1. The molecule has 3 fully saturated rings. The van der Waals surface area contributed by atoms with Gasteiger partial charge in [-0.1, -0.05) is 0 Å². The summed E-state index contributed by atoms with van der Waals surface area (Å²) in [6.07, 6.45) is -1.98. The number of hydrogen-bond acceptors (Lipinski definition) is 3. The fourth-order valence-corrected chi connectivity index (χ4v) is 8.56. The molecule has 2 saturated carbocycles. The van der Waals surface area contributed by atoms with E-state index in [9.17, 15) is 21.6 Å². The minimum atomic E-state index is -4.72. The zero-order valence-electron chi connectivity index (χ0n) is 14.4. The van der Waals surface area contributed by atoms with Crippen LogP contribution in [0, 0.1) is 29.1 Å². The second-order valence-electron chi connectivity index (χ2n) is 7.86. The van der Waals surface area contributed by atoms with Gasteiger partial charge in [0.2, 0.25) is 10.0 Å². The van der Waals surface area contributed by atoms with Crippen LogP contribution in [0.1, 0.15) is 44.2 Å². The molecule has 0 radical (unpaired) electrons. The van der Waals surface area contributed by atoms with Gasteiger partial charge in [-0.25, -0.2) is 8.42 Å². The number of benzene rings is 1. The fraction of sp³-hybridized carbons (Fsp3) is 0.611. The minimum Gasteiger partial charge on any atom is -0.267 e. The Morgan fingerprint density at radius 2 is 2.00 bits per heavy atom. The molecule has 2 bridgehead atoms. The molecule has 0 unspecified atom stereocenters. The zero-order chi connectivity index (χ0) is 19.1. The maximum Gasteiger partial charge on any atom is 0.417 e. The number of rotatable bonds is 1. The first-order valence-electron chi connectivity index (χ1n) is 8.68. The van der Waals surface area contributed by atoms with Crippen LogP contribution in [0.4, 0.5) is 18.9 Å². The predicted molar refractivity (Wildman–Crippen MR) is 89.7 cm³/mol. The van der Waals surface area contributed by atoms with E-state index >= 15 is 0 Å². The van der Waals surface area contributed by atoms with Crippen LogP contribution in [0.15, 0.2) is 18.2 Å². The van der Waals surface area contributed by atoms with Crippen molar-refractivity contribution in [2.24, 2.45) is 17.8 Å². The lowest BCUT2D eigenvalue weighted by molar-refractivity contribution is -0.137. The van der Waals surface area contributed by atoms with Crippen molar-refractivity contribution in [2.45, 2.75) is 50.1 Å². The third-order valence-electron chi connectivity index (χ3n) is 6.84. The normalized spacial score (nSPS) is 37.6. The topological polar surface area (TPSA) is 61.2 Å². The second-order valence-corrected chi connectivity index (χ2v) is 10.1. The maximum absolute atomic E-state index is 13.4. The summed E-state index contributed by atoms with van der Waals surface area (Å²) in [7, 11) is -3.80. The van der Waals surface area contributed by atoms with E-state index in [-0.39, 0.29) is 17.5 Å². The van der Waals surface area contributed by atoms with E-state index in [1.807, 2.05) is 0 Å². The average Bonchev–Trinajstić information content (AvgIpc) is 3.17. The monoisotopic (exact) mass is 384 g/mol. The molecule has 0 spiro atoms. The molecule has 0 amide bonds. The standard InChI is InChI=1S/C18H19F3N2O2S/c1-10-16-11-3-5-13(7-11)17(16,2)26(24,25)23(10)14-6-4-12(9-22)15(8-14)18(19,20)21/h4,6,8,10-11,13,16H,3,5,7H2,1-2H3/t10-,11+,13-,16+,17-/m1/s1. The number of nitrogens with zero attached hydrogens (tertiary/aromatic N) is 2. The summed E-state index contributed by atoms with van der Waals surface area (Å²) in [4.78, 5) is 0. The number of nitriles is 1. The second kappa shape index (κ2) is 5.16. The van der Waals surface area contributed by atoms with E-state index in [0.29, 0.717) is 5.92 Å². The molecule has 5 atom stereocenters. The molecule has 0 N–H and O–H groups in total. The largest absolute Gasteiger partial charge is 0.417 e. The van der Waals surface area contributed by atoms with Gasteiger partial charge in [0.05, 0.1) is 27.6 Å². The van der Waals surface area contributed by atoms with Crippen LogP contribution >= 0.6 is 0 Å². The Labute approximate surface area is 150 Å². The van der Waals surface area contributed by atoms with Crippen molar-refractivity contribution in [3.05, 3.63) is 29.3 Å². The van der Waals surface area contributed by atoms with Gasteiger partial charge in [0.25, 0.3) is 0 Å². The zero-order valence-corrected chi connectivity index (χ0v) is 15.2. The van der Waals surface area contributed by atoms with E-state index in [1.54, 1.807) is 13.8 Å². The fourth-order valence-electron chi connectivity index (χ4n) is 5.81. The molecule has 1 aliphatic heterocycles. The summed E-state index contributed by atoms with van der Waals surface area (Å²) in [6, 6.07) is 4.32. The van der Waals surface area contributed by atoms with Gasteiger partial charge in [-0.15, -0.1) is 0 Å². The third-order valence-corrected chi connectivity index (χ3v) is 9.62. The SMILES string of the molecule is C[C@@H]1[C@H]2[C@H]3CC[C@H](C3)[C@@]2(C)S(=O)(=O)N1c1ccc(C#N)c(C(F)(F)F)c1. The number of hydrogen-bond donors (Lipinski definition) is 0. The van der Waals surface area contributed by atoms with Crippen molar-refractivity contribution in [3.8, 4) is 6.07 Å².